The van der Waals surface area contributed by atoms with Gasteiger partial charge < -0.3 is 19.8 Å². The van der Waals surface area contributed by atoms with Crippen LogP contribution in [0.1, 0.15) is 19.4 Å². The molecule has 198 valence electrons. The molecular weight excluding hydrogens is 515 g/mol. The summed E-state index contributed by atoms with van der Waals surface area (Å²) in [6.07, 6.45) is -6.03. The van der Waals surface area contributed by atoms with E-state index in [4.69, 9.17) is 9.47 Å². The third kappa shape index (κ3) is 5.72. The Hall–Kier alpha value is -3.57. The highest BCUT2D eigenvalue weighted by atomic mass is 35.5. The highest BCUT2D eigenvalue weighted by Crippen LogP contribution is 2.37. The maximum absolute atomic E-state index is 13.5. The van der Waals surface area contributed by atoms with E-state index in [2.05, 4.69) is 10.3 Å². The zero-order valence-electron chi connectivity index (χ0n) is 20.1. The van der Waals surface area contributed by atoms with Crippen LogP contribution in [0.2, 0.25) is 0 Å². The number of ether oxygens (including phenoxy) is 2. The summed E-state index contributed by atoms with van der Waals surface area (Å²) in [5.74, 6) is -0.503. The number of benzene rings is 2. The number of rotatable bonds is 6. The molecule has 1 aromatic heterocycles. The number of hydrogen-bond acceptors (Lipinski definition) is 6. The van der Waals surface area contributed by atoms with E-state index in [1.54, 1.807) is 33.0 Å². The minimum Gasteiger partial charge on any atom is -0.455 e. The second-order valence-electron chi connectivity index (χ2n) is 8.92. The van der Waals surface area contributed by atoms with Crippen molar-refractivity contribution in [1.29, 1.82) is 0 Å². The second-order valence-corrected chi connectivity index (χ2v) is 8.92. The Morgan fingerprint density at radius 1 is 1.16 bits per heavy atom. The van der Waals surface area contributed by atoms with Gasteiger partial charge in [-0.15, -0.1) is 12.4 Å². The Bertz CT molecular complexity index is 1390. The number of likely N-dealkylation sites (N-methyl/N-ethyl adjacent to an activating group) is 1. The quantitative estimate of drug-likeness (QED) is 0.447. The van der Waals surface area contributed by atoms with Crippen molar-refractivity contribution in [3.8, 4) is 11.3 Å². The zero-order chi connectivity index (χ0) is 26.3. The molecule has 1 aliphatic rings. The van der Waals surface area contributed by atoms with Gasteiger partial charge in [0.2, 0.25) is 0 Å². The molecular formula is C25H25ClF3N3O5. The van der Waals surface area contributed by atoms with Crippen LogP contribution >= 0.6 is 12.4 Å². The number of pyridine rings is 1. The fourth-order valence-corrected chi connectivity index (χ4v) is 4.10. The third-order valence-electron chi connectivity index (χ3n) is 5.95. The molecule has 2 N–H and O–H groups in total. The lowest BCUT2D eigenvalue weighted by Crippen LogP contribution is -2.44. The number of esters is 1. The Morgan fingerprint density at radius 3 is 2.54 bits per heavy atom. The van der Waals surface area contributed by atoms with Gasteiger partial charge in [0, 0.05) is 22.3 Å². The maximum atomic E-state index is 13.5. The number of cyclic esters (lactones) is 1. The fraction of sp³-hybridized carbons (Fsp3) is 0.320. The van der Waals surface area contributed by atoms with Gasteiger partial charge >= 0.3 is 18.2 Å². The van der Waals surface area contributed by atoms with Crippen molar-refractivity contribution in [2.24, 2.45) is 0 Å². The zero-order valence-corrected chi connectivity index (χ0v) is 21.0. The Balaban J connectivity index is 0.00000380. The molecule has 0 saturated carbocycles. The first-order valence-electron chi connectivity index (χ1n) is 11.1. The summed E-state index contributed by atoms with van der Waals surface area (Å²) in [4.78, 5) is 41.2. The summed E-state index contributed by atoms with van der Waals surface area (Å²) in [6, 6.07) is 11.0. The lowest BCUT2D eigenvalue weighted by Gasteiger charge is -2.29. The molecule has 1 amide bonds. The minimum atomic E-state index is -4.59. The van der Waals surface area contributed by atoms with Crippen molar-refractivity contribution in [3.05, 3.63) is 64.4 Å². The normalized spacial score (nSPS) is 15.9. The van der Waals surface area contributed by atoms with Gasteiger partial charge in [-0.2, -0.15) is 13.2 Å². The van der Waals surface area contributed by atoms with Crippen molar-refractivity contribution in [3.63, 3.8) is 0 Å². The van der Waals surface area contributed by atoms with E-state index in [1.165, 1.54) is 35.2 Å². The largest absolute Gasteiger partial charge is 0.455 e. The molecule has 0 aliphatic carbocycles. The van der Waals surface area contributed by atoms with Crippen LogP contribution in [0.25, 0.3) is 22.0 Å². The minimum absolute atomic E-state index is 0. The van der Waals surface area contributed by atoms with Crippen LogP contribution in [-0.4, -0.2) is 48.9 Å². The van der Waals surface area contributed by atoms with Gasteiger partial charge in [0.25, 0.3) is 5.56 Å². The van der Waals surface area contributed by atoms with E-state index in [9.17, 15) is 27.6 Å². The van der Waals surface area contributed by atoms with Crippen LogP contribution in [0.15, 0.2) is 53.3 Å². The summed E-state index contributed by atoms with van der Waals surface area (Å²) in [6.45, 7) is 3.33. The number of hydrogen-bond donors (Lipinski definition) is 2. The van der Waals surface area contributed by atoms with E-state index < -0.39 is 41.1 Å². The van der Waals surface area contributed by atoms with E-state index >= 15 is 0 Å². The number of amides is 1. The van der Waals surface area contributed by atoms with Crippen LogP contribution in [-0.2, 0) is 20.4 Å². The standard InChI is InChI=1S/C25H24F3N3O5.ClH/c1-24(2,36-21(32)12-29-3)20-13-31(23(34)35-20)15-9-8-14-10-19(30-22(33)17(14)11-15)16-6-4-5-7-18(16)25(26,27)28;/h4-11,20,29H,12-13H2,1-3H3,(H,30,33);1H. The Labute approximate surface area is 216 Å². The number of fused-ring (bicyclic) bond motifs is 1. The molecule has 3 aromatic rings. The molecule has 1 atom stereocenters. The molecule has 4 rings (SSSR count). The molecule has 2 heterocycles. The van der Waals surface area contributed by atoms with Crippen molar-refractivity contribution in [2.75, 3.05) is 25.0 Å². The lowest BCUT2D eigenvalue weighted by molar-refractivity contribution is -0.163. The average molecular weight is 540 g/mol. The van der Waals surface area contributed by atoms with E-state index in [0.717, 1.165) is 6.07 Å². The van der Waals surface area contributed by atoms with Crippen molar-refractivity contribution in [1.82, 2.24) is 10.3 Å². The number of H-pyrrole nitrogens is 1. The SMILES string of the molecule is CNCC(=O)OC(C)(C)C1CN(c2ccc3cc(-c4ccccc4C(F)(F)F)[nH]c(=O)c3c2)C(=O)O1.Cl. The summed E-state index contributed by atoms with van der Waals surface area (Å²) < 4.78 is 51.3. The maximum Gasteiger partial charge on any atom is 0.417 e. The van der Waals surface area contributed by atoms with Gasteiger partial charge in [-0.1, -0.05) is 24.3 Å². The van der Waals surface area contributed by atoms with Crippen LogP contribution in [0, 0.1) is 0 Å². The molecule has 0 radical (unpaired) electrons. The molecule has 8 nitrogen and oxygen atoms in total. The molecule has 12 heteroatoms. The summed E-state index contributed by atoms with van der Waals surface area (Å²) in [7, 11) is 1.60. The van der Waals surface area contributed by atoms with Gasteiger partial charge in [-0.25, -0.2) is 4.79 Å². The molecule has 0 spiro atoms. The first-order chi connectivity index (χ1) is 16.9. The number of anilines is 1. The highest BCUT2D eigenvalue weighted by molar-refractivity contribution is 5.95. The first kappa shape index (κ1) is 28.0. The lowest BCUT2D eigenvalue weighted by atomic mass is 10.0. The van der Waals surface area contributed by atoms with Crippen molar-refractivity contribution in [2.45, 2.75) is 31.7 Å². The predicted molar refractivity (Wildman–Crippen MR) is 134 cm³/mol. The van der Waals surface area contributed by atoms with Crippen LogP contribution < -0.4 is 15.8 Å². The van der Waals surface area contributed by atoms with E-state index in [0.29, 0.717) is 11.1 Å². The number of aromatic nitrogens is 1. The number of carbonyl (C=O) groups is 2. The smallest absolute Gasteiger partial charge is 0.417 e. The molecule has 0 bridgehead atoms. The molecule has 1 aliphatic heterocycles. The first-order valence-corrected chi connectivity index (χ1v) is 11.1. The van der Waals surface area contributed by atoms with Gasteiger partial charge in [-0.05, 0) is 50.5 Å². The van der Waals surface area contributed by atoms with Gasteiger partial charge in [0.15, 0.2) is 6.10 Å². The number of aromatic amines is 1. The number of halogens is 4. The Morgan fingerprint density at radius 2 is 1.86 bits per heavy atom. The molecule has 1 unspecified atom stereocenters. The molecule has 1 fully saturated rings. The summed E-state index contributed by atoms with van der Waals surface area (Å²) in [5, 5.41) is 3.28. The summed E-state index contributed by atoms with van der Waals surface area (Å²) >= 11 is 0. The fourth-order valence-electron chi connectivity index (χ4n) is 4.10. The highest BCUT2D eigenvalue weighted by Gasteiger charge is 2.44. The van der Waals surface area contributed by atoms with Crippen LogP contribution in [0.5, 0.6) is 0 Å². The molecule has 2 aromatic carbocycles. The van der Waals surface area contributed by atoms with Crippen LogP contribution in [0.4, 0.5) is 23.7 Å². The van der Waals surface area contributed by atoms with Gasteiger partial charge in [0.05, 0.1) is 18.7 Å². The summed E-state index contributed by atoms with van der Waals surface area (Å²) in [5.41, 5.74) is -2.32. The van der Waals surface area contributed by atoms with Crippen LogP contribution in [0.3, 0.4) is 0 Å². The second kappa shape index (κ2) is 10.4. The topological polar surface area (TPSA) is 101 Å². The number of nitrogens with zero attached hydrogens (tertiary/aromatic N) is 1. The number of nitrogens with one attached hydrogen (secondary N) is 2. The van der Waals surface area contributed by atoms with Gasteiger partial charge in [-0.3, -0.25) is 14.5 Å². The third-order valence-corrected chi connectivity index (χ3v) is 5.95. The van der Waals surface area contributed by atoms with E-state index in [-0.39, 0.29) is 42.1 Å². The van der Waals surface area contributed by atoms with E-state index in [1.807, 2.05) is 0 Å². The Kier molecular flexibility index (Phi) is 7.89. The number of carbonyl (C=O) groups excluding carboxylic acids is 2. The van der Waals surface area contributed by atoms with Gasteiger partial charge in [0.1, 0.15) is 5.60 Å². The predicted octanol–water partition coefficient (Wildman–Crippen LogP) is 4.50. The average Bonchev–Trinajstić information content (AvgIpc) is 3.21. The molecule has 1 saturated heterocycles. The van der Waals surface area contributed by atoms with Crippen molar-refractivity contribution < 1.29 is 32.2 Å². The van der Waals surface area contributed by atoms with Crippen molar-refractivity contribution >= 4 is 40.9 Å². The molecule has 37 heavy (non-hydrogen) atoms. The number of alkyl halides is 3. The monoisotopic (exact) mass is 539 g/mol.